The molecule has 5 rings (SSSR count). The van der Waals surface area contributed by atoms with Crippen LogP contribution in [-0.4, -0.2) is 53.9 Å². The monoisotopic (exact) mass is 490 g/mol. The summed E-state index contributed by atoms with van der Waals surface area (Å²) in [6.45, 7) is 1.12. The first-order chi connectivity index (χ1) is 17.5. The Bertz CT molecular complexity index is 1240. The molecule has 2 aromatic carbocycles. The number of hydrogen-bond acceptors (Lipinski definition) is 4. The van der Waals surface area contributed by atoms with E-state index in [2.05, 4.69) is 0 Å². The second-order valence-corrected chi connectivity index (χ2v) is 9.58. The van der Waals surface area contributed by atoms with Crippen LogP contribution in [0.15, 0.2) is 65.1 Å². The molecule has 0 unspecified atom stereocenters. The first-order valence-electron chi connectivity index (χ1n) is 12.7. The Morgan fingerprint density at radius 3 is 2.44 bits per heavy atom. The van der Waals surface area contributed by atoms with Crippen LogP contribution in [0.5, 0.6) is 5.75 Å². The number of nitrogens with zero attached hydrogens (tertiary/aromatic N) is 2. The van der Waals surface area contributed by atoms with Crippen LogP contribution in [0, 0.1) is 5.82 Å². The third-order valence-electron chi connectivity index (χ3n) is 7.17. The second kappa shape index (κ2) is 10.6. The Balaban J connectivity index is 1.46. The van der Waals surface area contributed by atoms with Gasteiger partial charge in [0, 0.05) is 20.1 Å². The van der Waals surface area contributed by atoms with E-state index in [0.717, 1.165) is 38.5 Å². The van der Waals surface area contributed by atoms with Gasteiger partial charge in [-0.25, -0.2) is 4.39 Å². The molecule has 1 aromatic heterocycles. The maximum Gasteiger partial charge on any atom is 0.289 e. The molecule has 2 amide bonds. The molecule has 1 fully saturated rings. The molecule has 0 bridgehead atoms. The van der Waals surface area contributed by atoms with Crippen LogP contribution in [0.25, 0.3) is 11.3 Å². The normalized spacial score (nSPS) is 21.0. The van der Waals surface area contributed by atoms with Gasteiger partial charge in [-0.1, -0.05) is 30.7 Å². The highest BCUT2D eigenvalue weighted by atomic mass is 19.1. The summed E-state index contributed by atoms with van der Waals surface area (Å²) in [5.74, 6) is 0.415. The average Bonchev–Trinajstić information content (AvgIpc) is 3.39. The SMILES string of the molecule is CN1CCCCN(C(=O)c2ccc(-c3ccccc3F)o2)[C@@H]2CCCC[C@@H]2Oc2ccccc2C1=O. The lowest BCUT2D eigenvalue weighted by Crippen LogP contribution is -2.51. The molecular weight excluding hydrogens is 459 g/mol. The number of amides is 2. The first-order valence-corrected chi connectivity index (χ1v) is 12.7. The van der Waals surface area contributed by atoms with Crippen LogP contribution in [0.1, 0.15) is 59.4 Å². The van der Waals surface area contributed by atoms with E-state index in [1.807, 2.05) is 23.1 Å². The van der Waals surface area contributed by atoms with Gasteiger partial charge in [-0.15, -0.1) is 0 Å². The summed E-state index contributed by atoms with van der Waals surface area (Å²) in [6, 6.07) is 16.8. The highest BCUT2D eigenvalue weighted by Crippen LogP contribution is 2.32. The van der Waals surface area contributed by atoms with E-state index >= 15 is 0 Å². The summed E-state index contributed by atoms with van der Waals surface area (Å²) >= 11 is 0. The van der Waals surface area contributed by atoms with Crippen molar-refractivity contribution in [3.63, 3.8) is 0 Å². The lowest BCUT2D eigenvalue weighted by molar-refractivity contribution is 0.0241. The zero-order valence-electron chi connectivity index (χ0n) is 20.5. The van der Waals surface area contributed by atoms with Gasteiger partial charge in [0.2, 0.25) is 0 Å². The number of para-hydroxylation sites is 1. The molecule has 2 aliphatic rings. The standard InChI is InChI=1S/C29H31FN2O4/c1-31-18-8-9-19-32(29(34)27-17-16-25(36-27)20-10-2-4-12-22(20)30)23-13-5-7-15-26(23)35-24-14-6-3-11-21(24)28(31)33/h2-4,6,10-12,14,16-17,23,26H,5,7-9,13,15,18-19H2,1H3/t23-,26+/m1/s1. The summed E-state index contributed by atoms with van der Waals surface area (Å²) < 4.78 is 26.7. The minimum atomic E-state index is -0.393. The molecule has 36 heavy (non-hydrogen) atoms. The van der Waals surface area contributed by atoms with Crippen LogP contribution < -0.4 is 4.74 Å². The van der Waals surface area contributed by atoms with Crippen molar-refractivity contribution in [3.05, 3.63) is 77.8 Å². The zero-order valence-corrected chi connectivity index (χ0v) is 20.5. The van der Waals surface area contributed by atoms with Crippen molar-refractivity contribution in [3.8, 4) is 17.1 Å². The molecule has 0 saturated heterocycles. The number of rotatable bonds is 2. The number of ether oxygens (including phenoxy) is 1. The number of halogens is 1. The van der Waals surface area contributed by atoms with Crippen molar-refractivity contribution >= 4 is 11.8 Å². The molecule has 1 aliphatic carbocycles. The van der Waals surface area contributed by atoms with Crippen molar-refractivity contribution in [2.75, 3.05) is 20.1 Å². The molecule has 0 N–H and O–H groups in total. The summed E-state index contributed by atoms with van der Waals surface area (Å²) in [6.07, 6.45) is 4.88. The Morgan fingerprint density at radius 1 is 0.889 bits per heavy atom. The Labute approximate surface area is 210 Å². The van der Waals surface area contributed by atoms with Crippen LogP contribution in [0.4, 0.5) is 4.39 Å². The average molecular weight is 491 g/mol. The van der Waals surface area contributed by atoms with E-state index in [1.165, 1.54) is 6.07 Å². The van der Waals surface area contributed by atoms with Crippen LogP contribution in [0.3, 0.4) is 0 Å². The maximum absolute atomic E-state index is 14.3. The number of carbonyl (C=O) groups excluding carboxylic acids is 2. The fourth-order valence-electron chi connectivity index (χ4n) is 5.24. The van der Waals surface area contributed by atoms with Crippen molar-refractivity contribution in [1.29, 1.82) is 0 Å². The van der Waals surface area contributed by atoms with E-state index in [-0.39, 0.29) is 29.7 Å². The molecule has 2 heterocycles. The van der Waals surface area contributed by atoms with Crippen molar-refractivity contribution < 1.29 is 23.1 Å². The van der Waals surface area contributed by atoms with Gasteiger partial charge in [-0.05, 0) is 68.5 Å². The van der Waals surface area contributed by atoms with Gasteiger partial charge in [0.1, 0.15) is 23.4 Å². The van der Waals surface area contributed by atoms with Gasteiger partial charge < -0.3 is 19.0 Å². The molecule has 3 aromatic rings. The Kier molecular flexibility index (Phi) is 7.07. The largest absolute Gasteiger partial charge is 0.487 e. The fraction of sp³-hybridized carbons (Fsp3) is 0.379. The molecule has 1 saturated carbocycles. The first kappa shape index (κ1) is 24.1. The number of fused-ring (bicyclic) bond motifs is 2. The predicted octanol–water partition coefficient (Wildman–Crippen LogP) is 5.78. The van der Waals surface area contributed by atoms with Crippen LogP contribution in [0.2, 0.25) is 0 Å². The molecule has 2 atom stereocenters. The minimum Gasteiger partial charge on any atom is -0.487 e. The van der Waals surface area contributed by atoms with E-state index < -0.39 is 5.82 Å². The van der Waals surface area contributed by atoms with Gasteiger partial charge in [-0.3, -0.25) is 9.59 Å². The maximum atomic E-state index is 14.3. The van der Waals surface area contributed by atoms with Gasteiger partial charge in [0.15, 0.2) is 5.76 Å². The third kappa shape index (κ3) is 4.87. The van der Waals surface area contributed by atoms with Gasteiger partial charge in [0.25, 0.3) is 11.8 Å². The summed E-state index contributed by atoms with van der Waals surface area (Å²) in [5, 5.41) is 0. The van der Waals surface area contributed by atoms with E-state index in [4.69, 9.17) is 9.15 Å². The topological polar surface area (TPSA) is 63.0 Å². The third-order valence-corrected chi connectivity index (χ3v) is 7.17. The van der Waals surface area contributed by atoms with Crippen molar-refractivity contribution in [1.82, 2.24) is 9.80 Å². The summed E-state index contributed by atoms with van der Waals surface area (Å²) in [5.41, 5.74) is 0.872. The number of carbonyl (C=O) groups is 2. The molecular formula is C29H31FN2O4. The minimum absolute atomic E-state index is 0.0530. The lowest BCUT2D eigenvalue weighted by atomic mass is 9.90. The summed E-state index contributed by atoms with van der Waals surface area (Å²) in [7, 11) is 1.80. The smallest absolute Gasteiger partial charge is 0.289 e. The number of furan rings is 1. The highest BCUT2D eigenvalue weighted by molar-refractivity contribution is 5.96. The lowest BCUT2D eigenvalue weighted by Gasteiger charge is -2.40. The molecule has 188 valence electrons. The van der Waals surface area contributed by atoms with Crippen molar-refractivity contribution in [2.24, 2.45) is 0 Å². The van der Waals surface area contributed by atoms with Crippen LogP contribution >= 0.6 is 0 Å². The predicted molar refractivity (Wildman–Crippen MR) is 134 cm³/mol. The zero-order chi connectivity index (χ0) is 25.1. The quantitative estimate of drug-likeness (QED) is 0.457. The van der Waals surface area contributed by atoms with E-state index in [9.17, 15) is 14.0 Å². The molecule has 6 nitrogen and oxygen atoms in total. The highest BCUT2D eigenvalue weighted by Gasteiger charge is 2.36. The van der Waals surface area contributed by atoms with Gasteiger partial charge >= 0.3 is 0 Å². The molecule has 1 aliphatic heterocycles. The fourth-order valence-corrected chi connectivity index (χ4v) is 5.24. The molecule has 0 spiro atoms. The molecule has 0 radical (unpaired) electrons. The Hall–Kier alpha value is -3.61. The summed E-state index contributed by atoms with van der Waals surface area (Å²) in [4.78, 5) is 30.4. The van der Waals surface area contributed by atoms with Gasteiger partial charge in [-0.2, -0.15) is 0 Å². The van der Waals surface area contributed by atoms with Crippen LogP contribution in [-0.2, 0) is 0 Å². The Morgan fingerprint density at radius 2 is 1.61 bits per heavy atom. The second-order valence-electron chi connectivity index (χ2n) is 9.58. The molecule has 7 heteroatoms. The van der Waals surface area contributed by atoms with E-state index in [1.54, 1.807) is 48.3 Å². The number of hydrogen-bond donors (Lipinski definition) is 0. The number of benzene rings is 2. The van der Waals surface area contributed by atoms with Crippen molar-refractivity contribution in [2.45, 2.75) is 50.7 Å². The van der Waals surface area contributed by atoms with Gasteiger partial charge in [0.05, 0.1) is 17.2 Å². The van der Waals surface area contributed by atoms with E-state index in [0.29, 0.717) is 35.7 Å².